The molecular formula is C16H13N5O2S2. The molecule has 0 atom stereocenters. The van der Waals surface area contributed by atoms with Crippen molar-refractivity contribution in [2.24, 2.45) is 0 Å². The normalized spacial score (nSPS) is 13.6. The predicted octanol–water partition coefficient (Wildman–Crippen LogP) is 2.90. The van der Waals surface area contributed by atoms with E-state index in [9.17, 15) is 4.79 Å². The first-order valence-electron chi connectivity index (χ1n) is 7.63. The fourth-order valence-corrected chi connectivity index (χ4v) is 3.31. The standard InChI is InChI=1S/C16H13N5O2S2/c22-15(23)12-5-4-11(25-12)10-7-17-9-3-6-13(20-14(9)19-10)21-16(24)18-8-1-2-8/h3-8H,1-2H2,(H,22,23)(H2,18,19,20,21,24). The van der Waals surface area contributed by atoms with Gasteiger partial charge in [-0.05, 0) is 49.3 Å². The van der Waals surface area contributed by atoms with Gasteiger partial charge >= 0.3 is 5.97 Å². The van der Waals surface area contributed by atoms with Gasteiger partial charge in [0, 0.05) is 6.04 Å². The van der Waals surface area contributed by atoms with Gasteiger partial charge in [-0.1, -0.05) is 0 Å². The minimum absolute atomic E-state index is 0.261. The largest absolute Gasteiger partial charge is 0.477 e. The number of hydrogen-bond acceptors (Lipinski definition) is 6. The molecule has 0 aromatic carbocycles. The summed E-state index contributed by atoms with van der Waals surface area (Å²) in [5, 5.41) is 15.8. The minimum atomic E-state index is -0.953. The van der Waals surface area contributed by atoms with E-state index < -0.39 is 5.97 Å². The van der Waals surface area contributed by atoms with Crippen LogP contribution in [0.15, 0.2) is 30.5 Å². The molecule has 25 heavy (non-hydrogen) atoms. The molecule has 1 saturated carbocycles. The number of aromatic nitrogens is 3. The topological polar surface area (TPSA) is 100 Å². The number of pyridine rings is 1. The smallest absolute Gasteiger partial charge is 0.345 e. The van der Waals surface area contributed by atoms with Crippen LogP contribution in [0, 0.1) is 0 Å². The second-order valence-corrected chi connectivity index (χ2v) is 7.13. The summed E-state index contributed by atoms with van der Waals surface area (Å²) in [7, 11) is 0. The predicted molar refractivity (Wildman–Crippen MR) is 100.0 cm³/mol. The number of nitrogens with zero attached hydrogens (tertiary/aromatic N) is 3. The van der Waals surface area contributed by atoms with Gasteiger partial charge in [-0.2, -0.15) is 0 Å². The highest BCUT2D eigenvalue weighted by molar-refractivity contribution is 7.80. The van der Waals surface area contributed by atoms with E-state index in [0.717, 1.165) is 29.1 Å². The zero-order valence-corrected chi connectivity index (χ0v) is 14.5. The molecule has 0 amide bonds. The van der Waals surface area contributed by atoms with Crippen LogP contribution in [-0.4, -0.2) is 37.2 Å². The van der Waals surface area contributed by atoms with E-state index in [-0.39, 0.29) is 4.88 Å². The lowest BCUT2D eigenvalue weighted by Crippen LogP contribution is -2.30. The zero-order chi connectivity index (χ0) is 17.4. The second kappa shape index (κ2) is 6.34. The molecule has 1 fully saturated rings. The number of carboxylic acids is 1. The van der Waals surface area contributed by atoms with E-state index in [1.807, 2.05) is 6.07 Å². The van der Waals surface area contributed by atoms with Crippen molar-refractivity contribution >= 4 is 51.6 Å². The quantitative estimate of drug-likeness (QED) is 0.602. The van der Waals surface area contributed by atoms with Crippen molar-refractivity contribution in [3.05, 3.63) is 35.3 Å². The zero-order valence-electron chi connectivity index (χ0n) is 12.9. The van der Waals surface area contributed by atoms with E-state index >= 15 is 0 Å². The third kappa shape index (κ3) is 3.57. The molecule has 3 aromatic rings. The van der Waals surface area contributed by atoms with Crippen molar-refractivity contribution in [2.75, 3.05) is 5.32 Å². The van der Waals surface area contributed by atoms with Crippen LogP contribution in [0.3, 0.4) is 0 Å². The van der Waals surface area contributed by atoms with Crippen molar-refractivity contribution < 1.29 is 9.90 Å². The van der Waals surface area contributed by atoms with Crippen LogP contribution in [-0.2, 0) is 0 Å². The van der Waals surface area contributed by atoms with Crippen LogP contribution >= 0.6 is 23.6 Å². The Hall–Kier alpha value is -2.65. The highest BCUT2D eigenvalue weighted by Crippen LogP contribution is 2.27. The van der Waals surface area contributed by atoms with Gasteiger partial charge in [0.25, 0.3) is 0 Å². The molecule has 3 N–H and O–H groups in total. The average Bonchev–Trinajstić information content (AvgIpc) is 3.25. The van der Waals surface area contributed by atoms with E-state index in [1.54, 1.807) is 24.4 Å². The number of fused-ring (bicyclic) bond motifs is 1. The number of aromatic carboxylic acids is 1. The Labute approximate surface area is 152 Å². The van der Waals surface area contributed by atoms with Crippen LogP contribution < -0.4 is 10.6 Å². The van der Waals surface area contributed by atoms with Gasteiger partial charge in [0.2, 0.25) is 0 Å². The number of carbonyl (C=O) groups is 1. The van der Waals surface area contributed by atoms with E-state index in [2.05, 4.69) is 25.6 Å². The number of rotatable bonds is 4. The highest BCUT2D eigenvalue weighted by atomic mass is 32.1. The Kier molecular flexibility index (Phi) is 4.02. The van der Waals surface area contributed by atoms with E-state index in [4.69, 9.17) is 17.3 Å². The van der Waals surface area contributed by atoms with Gasteiger partial charge in [-0.3, -0.25) is 4.98 Å². The summed E-state index contributed by atoms with van der Waals surface area (Å²) in [4.78, 5) is 25.3. The molecule has 9 heteroatoms. The molecule has 1 aliphatic carbocycles. The first-order chi connectivity index (χ1) is 12.1. The molecular weight excluding hydrogens is 358 g/mol. The minimum Gasteiger partial charge on any atom is -0.477 e. The number of thiocarbonyl (C=S) groups is 1. The van der Waals surface area contributed by atoms with Gasteiger partial charge < -0.3 is 15.7 Å². The van der Waals surface area contributed by atoms with Crippen molar-refractivity contribution in [2.45, 2.75) is 18.9 Å². The first-order valence-corrected chi connectivity index (χ1v) is 8.86. The molecule has 7 nitrogen and oxygen atoms in total. The lowest BCUT2D eigenvalue weighted by Gasteiger charge is -2.09. The van der Waals surface area contributed by atoms with Crippen LogP contribution in [0.5, 0.6) is 0 Å². The first kappa shape index (κ1) is 15.9. The Morgan fingerprint density at radius 2 is 2.08 bits per heavy atom. The molecule has 0 radical (unpaired) electrons. The Morgan fingerprint density at radius 1 is 1.24 bits per heavy atom. The maximum absolute atomic E-state index is 11.0. The molecule has 126 valence electrons. The summed E-state index contributed by atoms with van der Waals surface area (Å²) in [5.41, 5.74) is 1.72. The van der Waals surface area contributed by atoms with E-state index in [0.29, 0.717) is 33.8 Å². The number of anilines is 1. The summed E-state index contributed by atoms with van der Waals surface area (Å²) < 4.78 is 0. The highest BCUT2D eigenvalue weighted by Gasteiger charge is 2.21. The summed E-state index contributed by atoms with van der Waals surface area (Å²) >= 11 is 6.41. The van der Waals surface area contributed by atoms with Crippen LogP contribution in [0.4, 0.5) is 5.82 Å². The fourth-order valence-electron chi connectivity index (χ4n) is 2.24. The summed E-state index contributed by atoms with van der Waals surface area (Å²) in [6, 6.07) is 7.36. The fraction of sp³-hybridized carbons (Fsp3) is 0.188. The lowest BCUT2D eigenvalue weighted by atomic mass is 10.3. The summed E-state index contributed by atoms with van der Waals surface area (Å²) in [6.07, 6.45) is 3.90. The summed E-state index contributed by atoms with van der Waals surface area (Å²) in [5.74, 6) is -0.360. The molecule has 0 spiro atoms. The van der Waals surface area contributed by atoms with Crippen molar-refractivity contribution in [3.8, 4) is 10.6 Å². The Morgan fingerprint density at radius 3 is 2.80 bits per heavy atom. The van der Waals surface area contributed by atoms with Gasteiger partial charge in [0.05, 0.1) is 11.1 Å². The van der Waals surface area contributed by atoms with Crippen LogP contribution in [0.1, 0.15) is 22.5 Å². The molecule has 0 bridgehead atoms. The Bertz CT molecular complexity index is 984. The average molecular weight is 371 g/mol. The van der Waals surface area contributed by atoms with Crippen molar-refractivity contribution in [3.63, 3.8) is 0 Å². The SMILES string of the molecule is O=C(O)c1ccc(-c2cnc3ccc(NC(=S)NC4CC4)nc3n2)s1. The molecule has 4 rings (SSSR count). The number of hydrogen-bond donors (Lipinski definition) is 3. The Balaban J connectivity index is 1.61. The lowest BCUT2D eigenvalue weighted by molar-refractivity contribution is 0.0702. The molecule has 0 aliphatic heterocycles. The van der Waals surface area contributed by atoms with Crippen molar-refractivity contribution in [1.82, 2.24) is 20.3 Å². The van der Waals surface area contributed by atoms with Crippen LogP contribution in [0.25, 0.3) is 21.7 Å². The molecule has 1 aliphatic rings. The van der Waals surface area contributed by atoms with Gasteiger partial charge in [-0.15, -0.1) is 11.3 Å². The summed E-state index contributed by atoms with van der Waals surface area (Å²) in [6.45, 7) is 0. The third-order valence-electron chi connectivity index (χ3n) is 3.63. The van der Waals surface area contributed by atoms with Gasteiger partial charge in [0.1, 0.15) is 21.9 Å². The number of nitrogens with one attached hydrogen (secondary N) is 2. The van der Waals surface area contributed by atoms with Crippen LogP contribution in [0.2, 0.25) is 0 Å². The van der Waals surface area contributed by atoms with Crippen molar-refractivity contribution in [1.29, 1.82) is 0 Å². The molecule has 3 heterocycles. The monoisotopic (exact) mass is 371 g/mol. The maximum Gasteiger partial charge on any atom is 0.345 e. The molecule has 0 saturated heterocycles. The van der Waals surface area contributed by atoms with Gasteiger partial charge in [0.15, 0.2) is 10.8 Å². The molecule has 3 aromatic heterocycles. The maximum atomic E-state index is 11.0. The van der Waals surface area contributed by atoms with Gasteiger partial charge in [-0.25, -0.2) is 14.8 Å². The number of carboxylic acid groups (broad SMARTS) is 1. The number of thiophene rings is 1. The second-order valence-electron chi connectivity index (χ2n) is 5.64. The molecule has 0 unspecified atom stereocenters. The van der Waals surface area contributed by atoms with E-state index in [1.165, 1.54) is 0 Å². The third-order valence-corrected chi connectivity index (χ3v) is 4.95.